The van der Waals surface area contributed by atoms with Crippen LogP contribution < -0.4 is 5.32 Å². The van der Waals surface area contributed by atoms with E-state index in [1.54, 1.807) is 11.0 Å². The van der Waals surface area contributed by atoms with Crippen molar-refractivity contribution in [2.45, 2.75) is 62.3 Å². The average molecular weight is 547 g/mol. The molecule has 1 N–H and O–H groups in total. The molecule has 1 heterocycles. The third-order valence-electron chi connectivity index (χ3n) is 8.59. The zero-order valence-corrected chi connectivity index (χ0v) is 21.5. The van der Waals surface area contributed by atoms with Gasteiger partial charge in [-0.1, -0.05) is 12.1 Å². The standard InChI is InChI=1S/C29H31F5N4O/c30-22-8-12-37(18-22)10-2-11-38(27(39)36-23-5-6-26(31)25(15-23)29(32,33)34)24-7-9-28(16-21(28)14-24)20-4-1-3-19(13-20)17-35/h1,3-6,13,15,21-22,24H,2,7-12,14,16,18H2,(H,36,39)/t21?,22-,24+,28+/m0/s1. The number of likely N-dealkylation sites (tertiary alicyclic amines) is 1. The van der Waals surface area contributed by atoms with Gasteiger partial charge in [0.15, 0.2) is 0 Å². The zero-order valence-electron chi connectivity index (χ0n) is 21.5. The Hall–Kier alpha value is -3.19. The highest BCUT2D eigenvalue weighted by atomic mass is 19.4. The van der Waals surface area contributed by atoms with Gasteiger partial charge in [0.25, 0.3) is 0 Å². The van der Waals surface area contributed by atoms with E-state index < -0.39 is 29.8 Å². The van der Waals surface area contributed by atoms with Gasteiger partial charge < -0.3 is 15.1 Å². The van der Waals surface area contributed by atoms with E-state index in [0.29, 0.717) is 69.1 Å². The van der Waals surface area contributed by atoms with Gasteiger partial charge in [-0.25, -0.2) is 13.6 Å². The lowest BCUT2D eigenvalue weighted by Crippen LogP contribution is -2.46. The number of carbonyl (C=O) groups excluding carboxylic acids is 1. The van der Waals surface area contributed by atoms with E-state index in [9.17, 15) is 32.0 Å². The number of fused-ring (bicyclic) bond motifs is 1. The van der Waals surface area contributed by atoms with Gasteiger partial charge in [-0.3, -0.25) is 0 Å². The number of hydrogen-bond acceptors (Lipinski definition) is 3. The lowest BCUT2D eigenvalue weighted by molar-refractivity contribution is -0.139. The fourth-order valence-corrected chi connectivity index (χ4v) is 6.46. The number of nitriles is 1. The Kier molecular flexibility index (Phi) is 7.55. The summed E-state index contributed by atoms with van der Waals surface area (Å²) in [6, 6.07) is 11.7. The van der Waals surface area contributed by atoms with E-state index in [2.05, 4.69) is 11.4 Å². The van der Waals surface area contributed by atoms with Crippen LogP contribution in [0.4, 0.5) is 32.4 Å². The molecule has 2 aromatic carbocycles. The molecule has 208 valence electrons. The van der Waals surface area contributed by atoms with E-state index >= 15 is 0 Å². The molecule has 4 atom stereocenters. The number of nitrogens with one attached hydrogen (secondary N) is 1. The number of carbonyl (C=O) groups is 1. The monoisotopic (exact) mass is 546 g/mol. The molecule has 3 fully saturated rings. The van der Waals surface area contributed by atoms with Gasteiger partial charge >= 0.3 is 12.2 Å². The number of halogens is 5. The summed E-state index contributed by atoms with van der Waals surface area (Å²) in [5.74, 6) is -1.05. The molecule has 0 spiro atoms. The Morgan fingerprint density at radius 2 is 2.03 bits per heavy atom. The number of rotatable bonds is 7. The molecule has 3 aliphatic rings. The van der Waals surface area contributed by atoms with Crippen molar-refractivity contribution in [2.24, 2.45) is 5.92 Å². The quantitative estimate of drug-likeness (QED) is 0.404. The van der Waals surface area contributed by atoms with Crippen LogP contribution in [0.1, 0.15) is 55.2 Å². The van der Waals surface area contributed by atoms with Crippen LogP contribution in [0, 0.1) is 23.1 Å². The second-order valence-corrected chi connectivity index (χ2v) is 11.0. The number of alkyl halides is 4. The summed E-state index contributed by atoms with van der Waals surface area (Å²) in [7, 11) is 0. The lowest BCUT2D eigenvalue weighted by Gasteiger charge is -2.37. The average Bonchev–Trinajstić information content (AvgIpc) is 3.51. The smallest absolute Gasteiger partial charge is 0.321 e. The van der Waals surface area contributed by atoms with E-state index in [-0.39, 0.29) is 17.1 Å². The molecule has 0 aromatic heterocycles. The Bertz CT molecular complexity index is 1260. The predicted octanol–water partition coefficient (Wildman–Crippen LogP) is 6.49. The molecule has 2 saturated carbocycles. The summed E-state index contributed by atoms with van der Waals surface area (Å²) in [6.07, 6.45) is -1.35. The molecule has 39 heavy (non-hydrogen) atoms. The molecule has 5 rings (SSSR count). The molecule has 2 aromatic rings. The lowest BCUT2D eigenvalue weighted by atomic mass is 9.80. The van der Waals surface area contributed by atoms with Crippen molar-refractivity contribution in [3.63, 3.8) is 0 Å². The van der Waals surface area contributed by atoms with Crippen molar-refractivity contribution in [1.82, 2.24) is 9.80 Å². The minimum absolute atomic E-state index is 0.00420. The summed E-state index contributed by atoms with van der Waals surface area (Å²) in [6.45, 7) is 2.04. The van der Waals surface area contributed by atoms with Crippen LogP contribution >= 0.6 is 0 Å². The van der Waals surface area contributed by atoms with Crippen molar-refractivity contribution in [3.05, 3.63) is 65.0 Å². The van der Waals surface area contributed by atoms with Gasteiger partial charge in [0.1, 0.15) is 12.0 Å². The highest BCUT2D eigenvalue weighted by molar-refractivity contribution is 5.89. The topological polar surface area (TPSA) is 59.4 Å². The number of hydrogen-bond donors (Lipinski definition) is 1. The summed E-state index contributed by atoms with van der Waals surface area (Å²) in [5, 5.41) is 11.9. The van der Waals surface area contributed by atoms with Crippen molar-refractivity contribution in [1.29, 1.82) is 5.26 Å². The van der Waals surface area contributed by atoms with Gasteiger partial charge in [0, 0.05) is 31.4 Å². The molecular weight excluding hydrogens is 515 g/mol. The van der Waals surface area contributed by atoms with Gasteiger partial charge in [-0.05, 0) is 92.3 Å². The molecule has 1 unspecified atom stereocenters. The van der Waals surface area contributed by atoms with Crippen LogP contribution in [0.25, 0.3) is 0 Å². The van der Waals surface area contributed by atoms with Crippen LogP contribution in [-0.2, 0) is 11.6 Å². The summed E-state index contributed by atoms with van der Waals surface area (Å²) in [5.41, 5.74) is 0.202. The third kappa shape index (κ3) is 5.88. The normalized spacial score (nSPS) is 26.5. The Balaban J connectivity index is 1.29. The second-order valence-electron chi connectivity index (χ2n) is 11.0. The van der Waals surface area contributed by atoms with Crippen LogP contribution in [0.5, 0.6) is 0 Å². The maximum absolute atomic E-state index is 13.8. The molecular formula is C29H31F5N4O. The largest absolute Gasteiger partial charge is 0.419 e. The molecule has 0 bridgehead atoms. The highest BCUT2D eigenvalue weighted by Gasteiger charge is 2.58. The second kappa shape index (κ2) is 10.8. The Morgan fingerprint density at radius 1 is 1.21 bits per heavy atom. The Labute approximate surface area is 224 Å². The third-order valence-corrected chi connectivity index (χ3v) is 8.59. The first-order valence-corrected chi connectivity index (χ1v) is 13.4. The summed E-state index contributed by atoms with van der Waals surface area (Å²) >= 11 is 0. The van der Waals surface area contributed by atoms with E-state index in [4.69, 9.17) is 0 Å². The van der Waals surface area contributed by atoms with Gasteiger partial charge in [0.05, 0.1) is 17.2 Å². The number of amides is 2. The molecule has 1 saturated heterocycles. The minimum Gasteiger partial charge on any atom is -0.321 e. The maximum Gasteiger partial charge on any atom is 0.419 e. The van der Waals surface area contributed by atoms with Gasteiger partial charge in [-0.2, -0.15) is 18.4 Å². The number of nitrogens with zero attached hydrogens (tertiary/aromatic N) is 3. The van der Waals surface area contributed by atoms with Crippen molar-refractivity contribution >= 4 is 11.7 Å². The first-order valence-electron chi connectivity index (χ1n) is 13.4. The molecule has 10 heteroatoms. The fraction of sp³-hybridized carbons (Fsp3) is 0.517. The SMILES string of the molecule is N#Cc1cccc([C@]23CC[C@@H](N(CCCN4CC[C@H](F)C4)C(=O)Nc4ccc(F)c(C(F)(F)F)c4)CC2C3)c1. The van der Waals surface area contributed by atoms with Crippen molar-refractivity contribution in [3.8, 4) is 6.07 Å². The highest BCUT2D eigenvalue weighted by Crippen LogP contribution is 2.63. The molecule has 2 aliphatic carbocycles. The molecule has 5 nitrogen and oxygen atoms in total. The van der Waals surface area contributed by atoms with E-state index in [1.165, 1.54) is 0 Å². The van der Waals surface area contributed by atoms with Gasteiger partial charge in [0.2, 0.25) is 0 Å². The summed E-state index contributed by atoms with van der Waals surface area (Å²) in [4.78, 5) is 17.1. The van der Waals surface area contributed by atoms with Crippen LogP contribution in [0.15, 0.2) is 42.5 Å². The van der Waals surface area contributed by atoms with Crippen LogP contribution in [-0.4, -0.2) is 54.2 Å². The zero-order chi connectivity index (χ0) is 27.8. The number of benzene rings is 2. The first kappa shape index (κ1) is 27.4. The van der Waals surface area contributed by atoms with E-state index in [0.717, 1.165) is 30.9 Å². The van der Waals surface area contributed by atoms with Gasteiger partial charge in [-0.15, -0.1) is 0 Å². The van der Waals surface area contributed by atoms with Crippen LogP contribution in [0.3, 0.4) is 0 Å². The fourth-order valence-electron chi connectivity index (χ4n) is 6.46. The first-order chi connectivity index (χ1) is 18.6. The van der Waals surface area contributed by atoms with Crippen molar-refractivity contribution < 1.29 is 26.7 Å². The Morgan fingerprint density at radius 3 is 2.72 bits per heavy atom. The molecule has 2 amide bonds. The predicted molar refractivity (Wildman–Crippen MR) is 136 cm³/mol. The maximum atomic E-state index is 13.8. The number of anilines is 1. The van der Waals surface area contributed by atoms with Crippen LogP contribution in [0.2, 0.25) is 0 Å². The number of urea groups is 1. The molecule has 0 radical (unpaired) electrons. The summed E-state index contributed by atoms with van der Waals surface area (Å²) < 4.78 is 67.0. The molecule has 1 aliphatic heterocycles. The minimum atomic E-state index is -4.88. The van der Waals surface area contributed by atoms with E-state index in [1.807, 2.05) is 23.1 Å². The van der Waals surface area contributed by atoms with Crippen molar-refractivity contribution in [2.75, 3.05) is 31.5 Å².